The zero-order valence-electron chi connectivity index (χ0n) is 23.0. The molecule has 0 aliphatic carbocycles. The standard InChI is InChI=1S/C29H28FN9O2/c1-17-15-39(29(40)20(17)9-10-37(2)3)27-13-21-25(14-31-27)32-16-33-28(21)34-23-7-5-18(11-22(23)30)41-19-6-8-26-24(12-19)35-36-38(26)4/h5-9,11-14,16-17H,10,15H2,1-4H3,(H,32,33,34)/b20-9+. The number of amides is 1. The molecule has 1 N–H and O–H groups in total. The zero-order chi connectivity index (χ0) is 28.7. The van der Waals surface area contributed by atoms with Crippen LogP contribution in [0.25, 0.3) is 21.9 Å². The van der Waals surface area contributed by atoms with Gasteiger partial charge in [-0.05, 0) is 44.4 Å². The second-order valence-corrected chi connectivity index (χ2v) is 10.3. The Kier molecular flexibility index (Phi) is 6.75. The number of nitrogens with one attached hydrogen (secondary N) is 1. The molecule has 0 saturated carbocycles. The van der Waals surface area contributed by atoms with Crippen molar-refractivity contribution in [3.63, 3.8) is 0 Å². The highest BCUT2D eigenvalue weighted by Gasteiger charge is 2.34. The number of nitrogens with zero attached hydrogens (tertiary/aromatic N) is 8. The molecule has 1 saturated heterocycles. The van der Waals surface area contributed by atoms with E-state index in [1.165, 1.54) is 12.4 Å². The van der Waals surface area contributed by atoms with Crippen LogP contribution in [-0.2, 0) is 11.8 Å². The molecular formula is C29H28FN9O2. The summed E-state index contributed by atoms with van der Waals surface area (Å²) in [5.41, 5.74) is 3.08. The van der Waals surface area contributed by atoms with E-state index < -0.39 is 5.82 Å². The molecule has 1 aliphatic rings. The van der Waals surface area contributed by atoms with Gasteiger partial charge in [-0.1, -0.05) is 18.2 Å². The van der Waals surface area contributed by atoms with Crippen molar-refractivity contribution in [2.24, 2.45) is 13.0 Å². The molecule has 208 valence electrons. The van der Waals surface area contributed by atoms with Crippen LogP contribution in [0.3, 0.4) is 0 Å². The van der Waals surface area contributed by atoms with Gasteiger partial charge in [-0.3, -0.25) is 9.69 Å². The van der Waals surface area contributed by atoms with Crippen molar-refractivity contribution in [1.29, 1.82) is 0 Å². The van der Waals surface area contributed by atoms with Gasteiger partial charge in [0.2, 0.25) is 0 Å². The number of ether oxygens (including phenoxy) is 1. The van der Waals surface area contributed by atoms with Gasteiger partial charge in [0.05, 0.1) is 22.9 Å². The van der Waals surface area contributed by atoms with Crippen molar-refractivity contribution in [3.8, 4) is 11.5 Å². The van der Waals surface area contributed by atoms with E-state index in [4.69, 9.17) is 4.74 Å². The van der Waals surface area contributed by atoms with E-state index in [-0.39, 0.29) is 17.5 Å². The summed E-state index contributed by atoms with van der Waals surface area (Å²) in [6.07, 6.45) is 4.95. The van der Waals surface area contributed by atoms with Crippen LogP contribution in [-0.4, -0.2) is 67.9 Å². The highest BCUT2D eigenvalue weighted by Crippen LogP contribution is 2.33. The number of pyridine rings is 1. The molecule has 11 nitrogen and oxygen atoms in total. The molecule has 0 bridgehead atoms. The van der Waals surface area contributed by atoms with Crippen molar-refractivity contribution < 1.29 is 13.9 Å². The van der Waals surface area contributed by atoms with Crippen LogP contribution in [0.15, 0.2) is 66.6 Å². The van der Waals surface area contributed by atoms with Gasteiger partial charge in [-0.25, -0.2) is 24.0 Å². The third-order valence-corrected chi connectivity index (χ3v) is 6.95. The second kappa shape index (κ2) is 10.5. The van der Waals surface area contributed by atoms with Crippen molar-refractivity contribution in [1.82, 2.24) is 34.8 Å². The van der Waals surface area contributed by atoms with Crippen LogP contribution >= 0.6 is 0 Å². The van der Waals surface area contributed by atoms with E-state index in [9.17, 15) is 4.79 Å². The van der Waals surface area contributed by atoms with E-state index in [1.807, 2.05) is 45.1 Å². The van der Waals surface area contributed by atoms with E-state index in [0.29, 0.717) is 52.6 Å². The molecule has 12 heteroatoms. The van der Waals surface area contributed by atoms with Gasteiger partial charge < -0.3 is 15.0 Å². The van der Waals surface area contributed by atoms with Crippen LogP contribution < -0.4 is 15.0 Å². The van der Waals surface area contributed by atoms with E-state index in [1.54, 1.807) is 46.1 Å². The minimum absolute atomic E-state index is 0.0712. The van der Waals surface area contributed by atoms with Gasteiger partial charge in [-0.2, -0.15) is 0 Å². The number of benzene rings is 2. The number of aromatic nitrogens is 6. The van der Waals surface area contributed by atoms with Crippen LogP contribution in [0.2, 0.25) is 0 Å². The second-order valence-electron chi connectivity index (χ2n) is 10.3. The quantitative estimate of drug-likeness (QED) is 0.292. The number of halogens is 1. The fraction of sp³-hybridized carbons (Fsp3) is 0.241. The molecular weight excluding hydrogens is 525 g/mol. The molecule has 2 aromatic carbocycles. The third-order valence-electron chi connectivity index (χ3n) is 6.95. The van der Waals surface area contributed by atoms with Crippen molar-refractivity contribution in [2.45, 2.75) is 6.92 Å². The van der Waals surface area contributed by atoms with E-state index in [0.717, 1.165) is 11.1 Å². The number of anilines is 3. The lowest BCUT2D eigenvalue weighted by molar-refractivity contribution is -0.114. The largest absolute Gasteiger partial charge is 0.457 e. The molecule has 4 heterocycles. The predicted molar refractivity (Wildman–Crippen MR) is 154 cm³/mol. The van der Waals surface area contributed by atoms with Gasteiger partial charge in [0.15, 0.2) is 0 Å². The summed E-state index contributed by atoms with van der Waals surface area (Å²) >= 11 is 0. The smallest absolute Gasteiger partial charge is 0.255 e. The minimum atomic E-state index is -0.525. The third kappa shape index (κ3) is 5.16. The Labute approximate surface area is 235 Å². The Bertz CT molecular complexity index is 1820. The lowest BCUT2D eigenvalue weighted by atomic mass is 10.0. The summed E-state index contributed by atoms with van der Waals surface area (Å²) < 4.78 is 22.7. The van der Waals surface area contributed by atoms with Gasteiger partial charge in [0.1, 0.15) is 40.8 Å². The molecule has 1 fully saturated rings. The normalized spacial score (nSPS) is 16.4. The maximum absolute atomic E-state index is 15.2. The van der Waals surface area contributed by atoms with Gasteiger partial charge in [0, 0.05) is 49.1 Å². The number of hydrogen-bond acceptors (Lipinski definition) is 9. The zero-order valence-corrected chi connectivity index (χ0v) is 23.0. The molecule has 0 spiro atoms. The van der Waals surface area contributed by atoms with Gasteiger partial charge in [0.25, 0.3) is 5.91 Å². The van der Waals surface area contributed by atoms with Gasteiger partial charge >= 0.3 is 0 Å². The predicted octanol–water partition coefficient (Wildman–Crippen LogP) is 4.45. The molecule has 5 aromatic rings. The maximum atomic E-state index is 15.2. The number of likely N-dealkylation sites (N-methyl/N-ethyl adjacent to an activating group) is 1. The molecule has 1 aliphatic heterocycles. The number of fused-ring (bicyclic) bond motifs is 2. The first kappa shape index (κ1) is 26.3. The minimum Gasteiger partial charge on any atom is -0.457 e. The molecule has 3 aromatic heterocycles. The van der Waals surface area contributed by atoms with E-state index >= 15 is 4.39 Å². The summed E-state index contributed by atoms with van der Waals surface area (Å²) in [4.78, 5) is 30.0. The summed E-state index contributed by atoms with van der Waals surface area (Å²) in [7, 11) is 5.73. The first-order valence-electron chi connectivity index (χ1n) is 13.1. The fourth-order valence-electron chi connectivity index (χ4n) is 4.79. The fourth-order valence-corrected chi connectivity index (χ4v) is 4.79. The Hall–Kier alpha value is -4.97. The van der Waals surface area contributed by atoms with Crippen LogP contribution in [0, 0.1) is 11.7 Å². The van der Waals surface area contributed by atoms with E-state index in [2.05, 4.69) is 30.6 Å². The highest BCUT2D eigenvalue weighted by molar-refractivity contribution is 6.09. The Morgan fingerprint density at radius 1 is 1.10 bits per heavy atom. The SMILES string of the molecule is CC1CN(c2cc3c(Nc4ccc(Oc5ccc6c(c5)nnn6C)cc4F)ncnc3cn2)C(=O)/C1=C/CN(C)C. The number of hydrogen-bond donors (Lipinski definition) is 1. The summed E-state index contributed by atoms with van der Waals surface area (Å²) in [6.45, 7) is 3.23. The first-order valence-corrected chi connectivity index (χ1v) is 13.1. The molecule has 1 unspecified atom stereocenters. The Morgan fingerprint density at radius 2 is 1.90 bits per heavy atom. The monoisotopic (exact) mass is 553 g/mol. The highest BCUT2D eigenvalue weighted by atomic mass is 19.1. The summed E-state index contributed by atoms with van der Waals surface area (Å²) in [5, 5.41) is 11.7. The maximum Gasteiger partial charge on any atom is 0.255 e. The van der Waals surface area contributed by atoms with Crippen LogP contribution in [0.5, 0.6) is 11.5 Å². The molecule has 1 atom stereocenters. The molecule has 0 radical (unpaired) electrons. The lowest BCUT2D eigenvalue weighted by Gasteiger charge is -2.16. The molecule has 1 amide bonds. The molecule has 6 rings (SSSR count). The average molecular weight is 554 g/mol. The average Bonchev–Trinajstić information content (AvgIpc) is 3.46. The lowest BCUT2D eigenvalue weighted by Crippen LogP contribution is -2.26. The van der Waals surface area contributed by atoms with Crippen molar-refractivity contribution in [2.75, 3.05) is 37.4 Å². The van der Waals surface area contributed by atoms with Gasteiger partial charge in [-0.15, -0.1) is 5.10 Å². The Balaban J connectivity index is 1.24. The van der Waals surface area contributed by atoms with Crippen molar-refractivity contribution in [3.05, 3.63) is 72.5 Å². The number of aryl methyl sites for hydroxylation is 1. The molecule has 41 heavy (non-hydrogen) atoms. The summed E-state index contributed by atoms with van der Waals surface area (Å²) in [6, 6.07) is 11.7. The number of rotatable bonds is 7. The first-order chi connectivity index (χ1) is 19.8. The number of carbonyl (C=O) groups is 1. The Morgan fingerprint density at radius 3 is 2.71 bits per heavy atom. The summed E-state index contributed by atoms with van der Waals surface area (Å²) in [5.74, 6) is 1.20. The number of carbonyl (C=O) groups excluding carboxylic acids is 1. The van der Waals surface area contributed by atoms with Crippen LogP contribution in [0.1, 0.15) is 6.92 Å². The topological polar surface area (TPSA) is 114 Å². The van der Waals surface area contributed by atoms with Crippen LogP contribution in [0.4, 0.5) is 21.7 Å². The van der Waals surface area contributed by atoms with Crippen molar-refractivity contribution >= 4 is 45.2 Å².